The smallest absolute Gasteiger partial charge is 0.141 e. The standard InChI is InChI=1S/C16H21N3O/c1-20-16-5-4-13(11-15(16)17)3-2-8-19-12-14-6-9-18-10-7-14/h4-7,9-11,19H,2-3,8,12,17H2,1H3. The number of rotatable bonds is 7. The van der Waals surface area contributed by atoms with Crippen LogP contribution in [0.1, 0.15) is 17.5 Å². The maximum atomic E-state index is 5.89. The third-order valence-electron chi connectivity index (χ3n) is 3.19. The largest absolute Gasteiger partial charge is 0.495 e. The molecule has 1 aromatic carbocycles. The summed E-state index contributed by atoms with van der Waals surface area (Å²) in [6.45, 7) is 1.86. The number of ether oxygens (including phenoxy) is 1. The summed E-state index contributed by atoms with van der Waals surface area (Å²) in [7, 11) is 1.63. The second-order valence-electron chi connectivity index (χ2n) is 4.71. The van der Waals surface area contributed by atoms with Gasteiger partial charge in [0.05, 0.1) is 12.8 Å². The first-order valence-corrected chi connectivity index (χ1v) is 6.81. The van der Waals surface area contributed by atoms with E-state index in [1.807, 2.05) is 36.7 Å². The normalized spacial score (nSPS) is 10.4. The van der Waals surface area contributed by atoms with Gasteiger partial charge in [0.2, 0.25) is 0 Å². The highest BCUT2D eigenvalue weighted by molar-refractivity contribution is 5.54. The summed E-state index contributed by atoms with van der Waals surface area (Å²) in [6, 6.07) is 10.0. The number of hydrogen-bond donors (Lipinski definition) is 2. The lowest BCUT2D eigenvalue weighted by Crippen LogP contribution is -2.15. The number of aryl methyl sites for hydroxylation is 1. The van der Waals surface area contributed by atoms with Gasteiger partial charge in [-0.3, -0.25) is 4.98 Å². The molecule has 0 amide bonds. The zero-order valence-electron chi connectivity index (χ0n) is 11.8. The molecule has 20 heavy (non-hydrogen) atoms. The molecule has 0 aliphatic rings. The number of aromatic nitrogens is 1. The Hall–Kier alpha value is -2.07. The van der Waals surface area contributed by atoms with Crippen LogP contribution in [-0.4, -0.2) is 18.6 Å². The summed E-state index contributed by atoms with van der Waals surface area (Å²) < 4.78 is 5.15. The number of pyridine rings is 1. The topological polar surface area (TPSA) is 60.2 Å². The minimum absolute atomic E-state index is 0.703. The van der Waals surface area contributed by atoms with Crippen molar-refractivity contribution in [2.24, 2.45) is 0 Å². The van der Waals surface area contributed by atoms with Gasteiger partial charge in [-0.1, -0.05) is 6.07 Å². The van der Waals surface area contributed by atoms with Crippen LogP contribution in [0.4, 0.5) is 5.69 Å². The highest BCUT2D eigenvalue weighted by Crippen LogP contribution is 2.22. The average Bonchev–Trinajstić information content (AvgIpc) is 2.48. The van der Waals surface area contributed by atoms with E-state index in [0.29, 0.717) is 5.69 Å². The zero-order chi connectivity index (χ0) is 14.2. The first-order chi connectivity index (χ1) is 9.79. The predicted octanol–water partition coefficient (Wildman–Crippen LogP) is 2.39. The summed E-state index contributed by atoms with van der Waals surface area (Å²) in [5, 5.41) is 3.43. The molecule has 0 saturated carbocycles. The van der Waals surface area contributed by atoms with Crippen LogP contribution in [0.5, 0.6) is 5.75 Å². The van der Waals surface area contributed by atoms with E-state index < -0.39 is 0 Å². The second-order valence-corrected chi connectivity index (χ2v) is 4.71. The Labute approximate surface area is 120 Å². The van der Waals surface area contributed by atoms with Crippen LogP contribution in [0.3, 0.4) is 0 Å². The molecule has 4 nitrogen and oxygen atoms in total. The van der Waals surface area contributed by atoms with E-state index in [0.717, 1.165) is 31.7 Å². The highest BCUT2D eigenvalue weighted by Gasteiger charge is 2.00. The number of nitrogen functional groups attached to an aromatic ring is 1. The van der Waals surface area contributed by atoms with Crippen molar-refractivity contribution in [3.8, 4) is 5.75 Å². The van der Waals surface area contributed by atoms with Crippen molar-refractivity contribution in [1.82, 2.24) is 10.3 Å². The van der Waals surface area contributed by atoms with E-state index >= 15 is 0 Å². The number of nitrogens with one attached hydrogen (secondary N) is 1. The molecule has 1 aromatic heterocycles. The van der Waals surface area contributed by atoms with Crippen LogP contribution in [-0.2, 0) is 13.0 Å². The molecule has 0 fully saturated rings. The molecule has 0 aliphatic carbocycles. The number of nitrogens with zero attached hydrogens (tertiary/aromatic N) is 1. The Balaban J connectivity index is 1.69. The quantitative estimate of drug-likeness (QED) is 0.599. The molecule has 0 aliphatic heterocycles. The second kappa shape index (κ2) is 7.50. The Morgan fingerprint density at radius 1 is 1.15 bits per heavy atom. The fourth-order valence-electron chi connectivity index (χ4n) is 2.09. The van der Waals surface area contributed by atoms with Crippen LogP contribution in [0, 0.1) is 0 Å². The van der Waals surface area contributed by atoms with Crippen molar-refractivity contribution in [2.45, 2.75) is 19.4 Å². The summed E-state index contributed by atoms with van der Waals surface area (Å²) in [4.78, 5) is 4.00. The Kier molecular flexibility index (Phi) is 5.38. The molecule has 4 heteroatoms. The van der Waals surface area contributed by atoms with Crippen LogP contribution < -0.4 is 15.8 Å². The lowest BCUT2D eigenvalue weighted by molar-refractivity contribution is 0.417. The van der Waals surface area contributed by atoms with Gasteiger partial charge in [-0.25, -0.2) is 0 Å². The fraction of sp³-hybridized carbons (Fsp3) is 0.312. The molecular weight excluding hydrogens is 250 g/mol. The van der Waals surface area contributed by atoms with Crippen molar-refractivity contribution >= 4 is 5.69 Å². The summed E-state index contributed by atoms with van der Waals surface area (Å²) in [6.07, 6.45) is 5.72. The SMILES string of the molecule is COc1ccc(CCCNCc2ccncc2)cc1N. The van der Waals surface area contributed by atoms with Gasteiger partial charge in [0.15, 0.2) is 0 Å². The van der Waals surface area contributed by atoms with Crippen LogP contribution in [0.2, 0.25) is 0 Å². The monoisotopic (exact) mass is 271 g/mol. The lowest BCUT2D eigenvalue weighted by atomic mass is 10.1. The number of methoxy groups -OCH3 is 1. The minimum atomic E-state index is 0.703. The molecule has 0 bridgehead atoms. The van der Waals surface area contributed by atoms with Crippen LogP contribution in [0.15, 0.2) is 42.7 Å². The highest BCUT2D eigenvalue weighted by atomic mass is 16.5. The molecule has 0 radical (unpaired) electrons. The number of nitrogens with two attached hydrogens (primary N) is 1. The zero-order valence-corrected chi connectivity index (χ0v) is 11.8. The minimum Gasteiger partial charge on any atom is -0.495 e. The third kappa shape index (κ3) is 4.24. The average molecular weight is 271 g/mol. The first-order valence-electron chi connectivity index (χ1n) is 6.81. The van der Waals surface area contributed by atoms with Gasteiger partial charge < -0.3 is 15.8 Å². The van der Waals surface area contributed by atoms with Gasteiger partial charge in [-0.2, -0.15) is 0 Å². The Morgan fingerprint density at radius 2 is 1.95 bits per heavy atom. The molecule has 2 aromatic rings. The molecule has 1 heterocycles. The van der Waals surface area contributed by atoms with Gasteiger partial charge in [-0.05, 0) is 54.8 Å². The third-order valence-corrected chi connectivity index (χ3v) is 3.19. The number of benzene rings is 1. The van der Waals surface area contributed by atoms with Crippen molar-refractivity contribution in [3.63, 3.8) is 0 Å². The maximum Gasteiger partial charge on any atom is 0.141 e. The molecular formula is C16H21N3O. The van der Waals surface area contributed by atoms with Gasteiger partial charge in [-0.15, -0.1) is 0 Å². The number of anilines is 1. The molecule has 106 valence electrons. The van der Waals surface area contributed by atoms with Crippen molar-refractivity contribution in [3.05, 3.63) is 53.9 Å². The Morgan fingerprint density at radius 3 is 2.65 bits per heavy atom. The predicted molar refractivity (Wildman–Crippen MR) is 81.7 cm³/mol. The summed E-state index contributed by atoms with van der Waals surface area (Å²) >= 11 is 0. The molecule has 0 spiro atoms. The van der Waals surface area contributed by atoms with E-state index in [-0.39, 0.29) is 0 Å². The van der Waals surface area contributed by atoms with Crippen LogP contribution >= 0.6 is 0 Å². The number of hydrogen-bond acceptors (Lipinski definition) is 4. The van der Waals surface area contributed by atoms with E-state index in [4.69, 9.17) is 10.5 Å². The first kappa shape index (κ1) is 14.3. The van der Waals surface area contributed by atoms with E-state index in [2.05, 4.69) is 16.4 Å². The van der Waals surface area contributed by atoms with Crippen molar-refractivity contribution in [1.29, 1.82) is 0 Å². The van der Waals surface area contributed by atoms with Gasteiger partial charge in [0, 0.05) is 18.9 Å². The van der Waals surface area contributed by atoms with E-state index in [9.17, 15) is 0 Å². The van der Waals surface area contributed by atoms with E-state index in [1.165, 1.54) is 11.1 Å². The lowest BCUT2D eigenvalue weighted by Gasteiger charge is -2.08. The molecule has 0 atom stereocenters. The molecule has 0 saturated heterocycles. The molecule has 3 N–H and O–H groups in total. The van der Waals surface area contributed by atoms with Gasteiger partial charge in [0.1, 0.15) is 5.75 Å². The fourth-order valence-corrected chi connectivity index (χ4v) is 2.09. The van der Waals surface area contributed by atoms with Gasteiger partial charge >= 0.3 is 0 Å². The maximum absolute atomic E-state index is 5.89. The van der Waals surface area contributed by atoms with Crippen molar-refractivity contribution in [2.75, 3.05) is 19.4 Å². The van der Waals surface area contributed by atoms with Crippen molar-refractivity contribution < 1.29 is 4.74 Å². The van der Waals surface area contributed by atoms with Gasteiger partial charge in [0.25, 0.3) is 0 Å². The molecule has 0 unspecified atom stereocenters. The molecule has 2 rings (SSSR count). The van der Waals surface area contributed by atoms with E-state index in [1.54, 1.807) is 7.11 Å². The Bertz CT molecular complexity index is 529. The summed E-state index contributed by atoms with van der Waals surface area (Å²) in [5.41, 5.74) is 9.10. The summed E-state index contributed by atoms with van der Waals surface area (Å²) in [5.74, 6) is 0.740. The van der Waals surface area contributed by atoms with Crippen LogP contribution in [0.25, 0.3) is 0 Å².